The van der Waals surface area contributed by atoms with Gasteiger partial charge in [-0.2, -0.15) is 8.42 Å². The molecule has 5 nitrogen and oxygen atoms in total. The van der Waals surface area contributed by atoms with Gasteiger partial charge in [0.15, 0.2) is 0 Å². The minimum absolute atomic E-state index is 0. The Morgan fingerprint density at radius 2 is 1.15 bits per heavy atom. The van der Waals surface area contributed by atoms with Crippen molar-refractivity contribution < 1.29 is 22.5 Å². The SMILES string of the molecule is CCCCCCCCCCCCCCCCC(=O)OCCS(=O)(=O)O.[NaH]. The molecular weight excluding hydrogens is 363 g/mol. The van der Waals surface area contributed by atoms with Crippen LogP contribution in [0.15, 0.2) is 0 Å². The summed E-state index contributed by atoms with van der Waals surface area (Å²) in [7, 11) is -4.05. The van der Waals surface area contributed by atoms with Crippen molar-refractivity contribution in [1.29, 1.82) is 0 Å². The van der Waals surface area contributed by atoms with E-state index in [1.54, 1.807) is 0 Å². The molecule has 0 saturated carbocycles. The summed E-state index contributed by atoms with van der Waals surface area (Å²) in [6.45, 7) is 1.98. The summed E-state index contributed by atoms with van der Waals surface area (Å²) in [5.41, 5.74) is 0. The van der Waals surface area contributed by atoms with Crippen molar-refractivity contribution in [3.05, 3.63) is 0 Å². The van der Waals surface area contributed by atoms with Crippen LogP contribution < -0.4 is 0 Å². The number of ether oxygens (including phenoxy) is 1. The number of carbonyl (C=O) groups is 1. The van der Waals surface area contributed by atoms with Gasteiger partial charge in [-0.15, -0.1) is 0 Å². The van der Waals surface area contributed by atoms with E-state index in [1.807, 2.05) is 0 Å². The molecule has 0 aromatic heterocycles. The first-order valence-corrected chi connectivity index (χ1v) is 11.7. The van der Waals surface area contributed by atoms with Crippen LogP contribution in [-0.2, 0) is 19.6 Å². The molecule has 152 valence electrons. The molecule has 0 atom stereocenters. The number of hydrogen-bond donors (Lipinski definition) is 1. The Balaban J connectivity index is 0. The second-order valence-corrected chi connectivity index (χ2v) is 8.42. The van der Waals surface area contributed by atoms with Crippen molar-refractivity contribution >= 4 is 45.6 Å². The van der Waals surface area contributed by atoms with Gasteiger partial charge < -0.3 is 4.74 Å². The summed E-state index contributed by atoms with van der Waals surface area (Å²) in [5, 5.41) is 0. The van der Waals surface area contributed by atoms with E-state index in [4.69, 9.17) is 9.29 Å². The number of rotatable bonds is 18. The van der Waals surface area contributed by atoms with Gasteiger partial charge in [-0.3, -0.25) is 9.35 Å². The van der Waals surface area contributed by atoms with Crippen molar-refractivity contribution in [2.24, 2.45) is 0 Å². The molecule has 0 aromatic rings. The van der Waals surface area contributed by atoms with Gasteiger partial charge in [-0.05, 0) is 6.42 Å². The Morgan fingerprint density at radius 1 is 0.769 bits per heavy atom. The first kappa shape index (κ1) is 28.6. The van der Waals surface area contributed by atoms with Crippen LogP contribution >= 0.6 is 0 Å². The van der Waals surface area contributed by atoms with Crippen LogP contribution in [0.25, 0.3) is 0 Å². The summed E-state index contributed by atoms with van der Waals surface area (Å²) >= 11 is 0. The molecule has 0 rings (SSSR count). The van der Waals surface area contributed by atoms with Crippen LogP contribution in [0, 0.1) is 0 Å². The summed E-state index contributed by atoms with van der Waals surface area (Å²) in [4.78, 5) is 11.3. The van der Waals surface area contributed by atoms with Gasteiger partial charge in [0.1, 0.15) is 12.4 Å². The summed E-state index contributed by atoms with van der Waals surface area (Å²) < 4.78 is 34.2. The number of unbranched alkanes of at least 4 members (excludes halogenated alkanes) is 13. The second-order valence-electron chi connectivity index (χ2n) is 6.85. The molecule has 0 amide bonds. The molecule has 0 aliphatic rings. The van der Waals surface area contributed by atoms with E-state index in [0.29, 0.717) is 6.42 Å². The quantitative estimate of drug-likeness (QED) is 0.156. The van der Waals surface area contributed by atoms with Gasteiger partial charge >= 0.3 is 35.5 Å². The summed E-state index contributed by atoms with van der Waals surface area (Å²) in [6, 6.07) is 0. The van der Waals surface area contributed by atoms with Gasteiger partial charge in [0.2, 0.25) is 0 Å². The fourth-order valence-electron chi connectivity index (χ4n) is 2.80. The van der Waals surface area contributed by atoms with E-state index in [0.717, 1.165) is 19.3 Å². The normalized spacial score (nSPS) is 11.2. The van der Waals surface area contributed by atoms with Crippen molar-refractivity contribution in [2.45, 2.75) is 103 Å². The molecule has 0 aliphatic carbocycles. The Kier molecular flexibility index (Phi) is 22.1. The van der Waals surface area contributed by atoms with E-state index in [9.17, 15) is 13.2 Å². The molecule has 0 saturated heterocycles. The molecule has 7 heteroatoms. The fourth-order valence-corrected chi connectivity index (χ4v) is 3.09. The molecule has 0 aromatic carbocycles. The van der Waals surface area contributed by atoms with Crippen LogP contribution in [0.2, 0.25) is 0 Å². The monoisotopic (exact) mass is 402 g/mol. The summed E-state index contributed by atoms with van der Waals surface area (Å²) in [6.07, 6.45) is 18.0. The van der Waals surface area contributed by atoms with Crippen LogP contribution in [0.3, 0.4) is 0 Å². The van der Waals surface area contributed by atoms with Crippen molar-refractivity contribution in [2.75, 3.05) is 12.4 Å². The van der Waals surface area contributed by atoms with Crippen LogP contribution in [0.4, 0.5) is 0 Å². The second kappa shape index (κ2) is 20.1. The maximum atomic E-state index is 11.3. The standard InChI is InChI=1S/C19H38O5S.Na.H/c1-2-3-4-5-6-7-8-9-10-11-12-13-14-15-16-19(20)24-17-18-25(21,22)23;;/h2-18H2,1H3,(H,21,22,23);;. The van der Waals surface area contributed by atoms with E-state index in [-0.39, 0.29) is 42.1 Å². The zero-order valence-corrected chi connectivity index (χ0v) is 16.8. The average Bonchev–Trinajstić information content (AvgIpc) is 2.54. The zero-order chi connectivity index (χ0) is 18.8. The van der Waals surface area contributed by atoms with Crippen LogP contribution in [0.1, 0.15) is 103 Å². The first-order valence-electron chi connectivity index (χ1n) is 10.1. The van der Waals surface area contributed by atoms with E-state index in [1.165, 1.54) is 70.6 Å². The molecule has 0 radical (unpaired) electrons. The molecule has 0 fully saturated rings. The predicted octanol–water partition coefficient (Wildman–Crippen LogP) is 4.64. The average molecular weight is 403 g/mol. The third-order valence-corrected chi connectivity index (χ3v) is 5.02. The number of carbonyl (C=O) groups excluding carboxylic acids is 1. The molecule has 0 bridgehead atoms. The molecule has 0 unspecified atom stereocenters. The van der Waals surface area contributed by atoms with Gasteiger partial charge in [0.25, 0.3) is 10.1 Å². The Bertz CT molecular complexity index is 412. The predicted molar refractivity (Wildman–Crippen MR) is 109 cm³/mol. The zero-order valence-electron chi connectivity index (χ0n) is 16.0. The number of esters is 1. The Labute approximate surface area is 183 Å². The topological polar surface area (TPSA) is 80.7 Å². The van der Waals surface area contributed by atoms with E-state index >= 15 is 0 Å². The molecule has 0 aliphatic heterocycles. The Morgan fingerprint density at radius 3 is 1.54 bits per heavy atom. The van der Waals surface area contributed by atoms with Crippen molar-refractivity contribution in [1.82, 2.24) is 0 Å². The van der Waals surface area contributed by atoms with Crippen molar-refractivity contribution in [3.8, 4) is 0 Å². The Hall–Kier alpha value is 0.380. The minimum atomic E-state index is -4.05. The van der Waals surface area contributed by atoms with Crippen LogP contribution in [0.5, 0.6) is 0 Å². The van der Waals surface area contributed by atoms with Gasteiger partial charge in [-0.25, -0.2) is 0 Å². The third-order valence-electron chi connectivity index (χ3n) is 4.34. The molecule has 1 N–H and O–H groups in total. The number of hydrogen-bond acceptors (Lipinski definition) is 4. The molecule has 0 heterocycles. The molecule has 0 spiro atoms. The fraction of sp³-hybridized carbons (Fsp3) is 0.947. The summed E-state index contributed by atoms with van der Waals surface area (Å²) in [5.74, 6) is -0.917. The first-order chi connectivity index (χ1) is 12.0. The van der Waals surface area contributed by atoms with E-state index in [2.05, 4.69) is 6.92 Å². The van der Waals surface area contributed by atoms with Gasteiger partial charge in [0.05, 0.1) is 0 Å². The van der Waals surface area contributed by atoms with E-state index < -0.39 is 15.9 Å². The molecular formula is C19H39NaO5S. The third kappa shape index (κ3) is 24.4. The molecule has 26 heavy (non-hydrogen) atoms. The van der Waals surface area contributed by atoms with Crippen molar-refractivity contribution in [3.63, 3.8) is 0 Å². The van der Waals surface area contributed by atoms with Gasteiger partial charge in [0, 0.05) is 6.42 Å². The van der Waals surface area contributed by atoms with Crippen LogP contribution in [-0.4, -0.2) is 60.9 Å². The maximum absolute atomic E-state index is 11.3. The van der Waals surface area contributed by atoms with Gasteiger partial charge in [-0.1, -0.05) is 90.4 Å².